The van der Waals surface area contributed by atoms with Gasteiger partial charge >= 0.3 is 5.97 Å². The molecule has 0 saturated heterocycles. The standard InChI is InChI=1S/C30H23Cl3N2O4S/c1-3-38-29(37)26-17(2)34-30-35(27(26)19-7-10-21(31)11-8-19)28(36)25(40-30)14-18-5-4-6-23(13-18)39-16-20-9-12-22(32)15-24(20)33/h4-15,27H,3,16H2,1-2H3/b25-14-/t27-/m1/s1. The monoisotopic (exact) mass is 612 g/mol. The summed E-state index contributed by atoms with van der Waals surface area (Å²) in [6.07, 6.45) is 1.79. The van der Waals surface area contributed by atoms with Crippen LogP contribution in [0.25, 0.3) is 6.08 Å². The van der Waals surface area contributed by atoms with E-state index >= 15 is 0 Å². The van der Waals surface area contributed by atoms with Crippen LogP contribution in [0.5, 0.6) is 5.75 Å². The van der Waals surface area contributed by atoms with Crippen molar-refractivity contribution < 1.29 is 14.3 Å². The Balaban J connectivity index is 1.53. The maximum atomic E-state index is 13.8. The Morgan fingerprint density at radius 1 is 1.05 bits per heavy atom. The molecule has 0 saturated carbocycles. The van der Waals surface area contributed by atoms with Gasteiger partial charge in [0.1, 0.15) is 12.4 Å². The van der Waals surface area contributed by atoms with E-state index in [-0.39, 0.29) is 18.8 Å². The molecule has 6 nitrogen and oxygen atoms in total. The first-order valence-corrected chi connectivity index (χ1v) is 14.3. The van der Waals surface area contributed by atoms with Crippen molar-refractivity contribution in [3.8, 4) is 5.75 Å². The van der Waals surface area contributed by atoms with Crippen molar-refractivity contribution in [2.75, 3.05) is 6.61 Å². The summed E-state index contributed by atoms with van der Waals surface area (Å²) in [5.41, 5.74) is 2.86. The van der Waals surface area contributed by atoms with Crippen LogP contribution in [0, 0.1) is 0 Å². The van der Waals surface area contributed by atoms with Crippen LogP contribution in [0.3, 0.4) is 0 Å². The van der Waals surface area contributed by atoms with E-state index in [1.165, 1.54) is 11.3 Å². The molecule has 3 aromatic carbocycles. The predicted octanol–water partition coefficient (Wildman–Crippen LogP) is 6.34. The maximum Gasteiger partial charge on any atom is 0.338 e. The third-order valence-corrected chi connectivity index (χ3v) is 8.09. The van der Waals surface area contributed by atoms with Crippen molar-refractivity contribution in [2.24, 2.45) is 4.99 Å². The zero-order valence-corrected chi connectivity index (χ0v) is 24.6. The van der Waals surface area contributed by atoms with Crippen LogP contribution >= 0.6 is 46.1 Å². The van der Waals surface area contributed by atoms with Gasteiger partial charge in [-0.1, -0.05) is 76.5 Å². The van der Waals surface area contributed by atoms with E-state index in [0.29, 0.717) is 41.4 Å². The smallest absolute Gasteiger partial charge is 0.338 e. The highest BCUT2D eigenvalue weighted by Gasteiger charge is 2.33. The second-order valence-electron chi connectivity index (χ2n) is 8.95. The summed E-state index contributed by atoms with van der Waals surface area (Å²) < 4.78 is 13.3. The number of hydrogen-bond donors (Lipinski definition) is 0. The topological polar surface area (TPSA) is 69.9 Å². The number of allylic oxidation sites excluding steroid dienone is 1. The summed E-state index contributed by atoms with van der Waals surface area (Å²) in [6.45, 7) is 3.96. The summed E-state index contributed by atoms with van der Waals surface area (Å²) in [4.78, 5) is 31.9. The van der Waals surface area contributed by atoms with Gasteiger partial charge in [0.25, 0.3) is 5.56 Å². The van der Waals surface area contributed by atoms with Gasteiger partial charge in [0.05, 0.1) is 28.5 Å². The first-order valence-electron chi connectivity index (χ1n) is 12.4. The third-order valence-electron chi connectivity index (χ3n) is 6.27. The average molecular weight is 614 g/mol. The number of nitrogens with zero attached hydrogens (tertiary/aromatic N) is 2. The number of carbonyl (C=O) groups excluding carboxylic acids is 1. The van der Waals surface area contributed by atoms with Crippen LogP contribution in [0.1, 0.15) is 36.6 Å². The molecule has 4 aromatic rings. The van der Waals surface area contributed by atoms with E-state index in [2.05, 4.69) is 4.99 Å². The number of ether oxygens (including phenoxy) is 2. The molecule has 0 bridgehead atoms. The second kappa shape index (κ2) is 12.0. The molecular formula is C30H23Cl3N2O4S. The molecule has 1 aliphatic rings. The third kappa shape index (κ3) is 5.88. The Kier molecular flexibility index (Phi) is 8.47. The van der Waals surface area contributed by atoms with Gasteiger partial charge in [-0.2, -0.15) is 0 Å². The summed E-state index contributed by atoms with van der Waals surface area (Å²) in [6, 6.07) is 19.0. The molecule has 1 aliphatic heterocycles. The maximum absolute atomic E-state index is 13.8. The van der Waals surface area contributed by atoms with E-state index in [0.717, 1.165) is 16.7 Å². The Bertz CT molecular complexity index is 1810. The lowest BCUT2D eigenvalue weighted by molar-refractivity contribution is -0.139. The molecule has 204 valence electrons. The SMILES string of the molecule is CCOC(=O)C1=C(C)N=c2s/c(=C\c3cccc(OCc4ccc(Cl)cc4Cl)c3)c(=O)n2[C@@H]1c1ccc(Cl)cc1. The number of benzene rings is 3. The van der Waals surface area contributed by atoms with Gasteiger partial charge in [-0.25, -0.2) is 9.79 Å². The number of thiazole rings is 1. The molecule has 0 fully saturated rings. The van der Waals surface area contributed by atoms with Gasteiger partial charge in [-0.15, -0.1) is 0 Å². The molecule has 0 radical (unpaired) electrons. The van der Waals surface area contributed by atoms with Gasteiger partial charge in [-0.3, -0.25) is 9.36 Å². The lowest BCUT2D eigenvalue weighted by atomic mass is 9.96. The Labute approximate surface area is 249 Å². The van der Waals surface area contributed by atoms with Crippen molar-refractivity contribution in [2.45, 2.75) is 26.5 Å². The molecule has 1 atom stereocenters. The van der Waals surface area contributed by atoms with Gasteiger partial charge in [-0.05, 0) is 67.4 Å². The zero-order valence-electron chi connectivity index (χ0n) is 21.5. The van der Waals surface area contributed by atoms with Crippen molar-refractivity contribution in [1.29, 1.82) is 0 Å². The van der Waals surface area contributed by atoms with Crippen LogP contribution < -0.4 is 19.6 Å². The minimum absolute atomic E-state index is 0.204. The van der Waals surface area contributed by atoms with Crippen molar-refractivity contribution >= 4 is 58.2 Å². The molecular weight excluding hydrogens is 591 g/mol. The minimum atomic E-state index is -0.700. The molecule has 40 heavy (non-hydrogen) atoms. The first-order chi connectivity index (χ1) is 19.2. The minimum Gasteiger partial charge on any atom is -0.489 e. The highest BCUT2D eigenvalue weighted by atomic mass is 35.5. The lowest BCUT2D eigenvalue weighted by Crippen LogP contribution is -2.39. The van der Waals surface area contributed by atoms with E-state index in [1.807, 2.05) is 30.3 Å². The van der Waals surface area contributed by atoms with E-state index in [9.17, 15) is 9.59 Å². The van der Waals surface area contributed by atoms with Crippen LogP contribution in [-0.4, -0.2) is 17.1 Å². The number of hydrogen-bond acceptors (Lipinski definition) is 6. The second-order valence-corrected chi connectivity index (χ2v) is 11.2. The number of halogens is 3. The Morgan fingerprint density at radius 2 is 1.80 bits per heavy atom. The summed E-state index contributed by atoms with van der Waals surface area (Å²) in [5.74, 6) is 0.107. The number of carbonyl (C=O) groups is 1. The lowest BCUT2D eigenvalue weighted by Gasteiger charge is -2.24. The zero-order chi connectivity index (χ0) is 28.4. The molecule has 5 rings (SSSR count). The summed E-state index contributed by atoms with van der Waals surface area (Å²) >= 11 is 19.6. The summed E-state index contributed by atoms with van der Waals surface area (Å²) in [7, 11) is 0. The van der Waals surface area contributed by atoms with Crippen LogP contribution in [0.4, 0.5) is 0 Å². The molecule has 0 amide bonds. The molecule has 2 heterocycles. The quantitative estimate of drug-likeness (QED) is 0.228. The van der Waals surface area contributed by atoms with Gasteiger partial charge in [0, 0.05) is 20.6 Å². The number of aromatic nitrogens is 1. The molecule has 0 unspecified atom stereocenters. The normalized spacial score (nSPS) is 15.0. The van der Waals surface area contributed by atoms with Crippen LogP contribution in [-0.2, 0) is 16.1 Å². The predicted molar refractivity (Wildman–Crippen MR) is 159 cm³/mol. The highest BCUT2D eigenvalue weighted by Crippen LogP contribution is 2.31. The fourth-order valence-corrected chi connectivity index (χ4v) is 6.03. The highest BCUT2D eigenvalue weighted by molar-refractivity contribution is 7.07. The van der Waals surface area contributed by atoms with Crippen molar-refractivity contribution in [1.82, 2.24) is 4.57 Å². The molecule has 0 aliphatic carbocycles. The van der Waals surface area contributed by atoms with Gasteiger partial charge in [0.2, 0.25) is 0 Å². The largest absolute Gasteiger partial charge is 0.489 e. The number of rotatable bonds is 7. The Hall–Kier alpha value is -3.36. The average Bonchev–Trinajstić information content (AvgIpc) is 3.22. The molecule has 10 heteroatoms. The fraction of sp³-hybridized carbons (Fsp3) is 0.167. The van der Waals surface area contributed by atoms with Crippen molar-refractivity contribution in [3.05, 3.63) is 129 Å². The Morgan fingerprint density at radius 3 is 2.52 bits per heavy atom. The first kappa shape index (κ1) is 28.2. The summed E-state index contributed by atoms with van der Waals surface area (Å²) in [5, 5.41) is 1.63. The van der Waals surface area contributed by atoms with Crippen LogP contribution in [0.2, 0.25) is 15.1 Å². The van der Waals surface area contributed by atoms with Crippen LogP contribution in [0.15, 0.2) is 87.8 Å². The number of fused-ring (bicyclic) bond motifs is 1. The molecule has 0 N–H and O–H groups in total. The fourth-order valence-electron chi connectivity index (χ4n) is 4.40. The van der Waals surface area contributed by atoms with Gasteiger partial charge in [0.15, 0.2) is 4.80 Å². The van der Waals surface area contributed by atoms with E-state index < -0.39 is 12.0 Å². The van der Waals surface area contributed by atoms with E-state index in [1.54, 1.807) is 60.9 Å². The van der Waals surface area contributed by atoms with E-state index in [4.69, 9.17) is 44.3 Å². The molecule has 0 spiro atoms. The van der Waals surface area contributed by atoms with Crippen molar-refractivity contribution in [3.63, 3.8) is 0 Å². The number of esters is 1. The van der Waals surface area contributed by atoms with Gasteiger partial charge < -0.3 is 9.47 Å². The molecule has 1 aromatic heterocycles.